The van der Waals surface area contributed by atoms with Gasteiger partial charge in [-0.3, -0.25) is 4.57 Å². The molecule has 1 atom stereocenters. The smallest absolute Gasteiger partial charge is 0.224 e. The van der Waals surface area contributed by atoms with Crippen LogP contribution in [0.1, 0.15) is 50.8 Å². The minimum absolute atomic E-state index is 0.314. The molecular formula is C15H18ClN5. The summed E-state index contributed by atoms with van der Waals surface area (Å²) in [6.07, 6.45) is 11.7. The number of rotatable bonds is 2. The van der Waals surface area contributed by atoms with E-state index in [-0.39, 0.29) is 0 Å². The minimum atomic E-state index is 0.314. The Morgan fingerprint density at radius 1 is 1.29 bits per heavy atom. The highest BCUT2D eigenvalue weighted by Crippen LogP contribution is 2.43. The molecule has 0 saturated heterocycles. The highest BCUT2D eigenvalue weighted by atomic mass is 35.5. The molecule has 0 unspecified atom stereocenters. The first-order valence-electron chi connectivity index (χ1n) is 7.63. The van der Waals surface area contributed by atoms with Crippen LogP contribution in [0.3, 0.4) is 0 Å². The van der Waals surface area contributed by atoms with Gasteiger partial charge in [-0.1, -0.05) is 19.8 Å². The van der Waals surface area contributed by atoms with Crippen LogP contribution in [-0.2, 0) is 0 Å². The number of anilines is 1. The zero-order chi connectivity index (χ0) is 14.4. The standard InChI is InChI=1S/C15H18ClN5/c1-2-11-12-7-17-9-20(12)13-8-18-15(16)19-14(13)21(11)10-5-3-4-6-10/h7-11H,2-6H2,1H3/t11-/m1/s1. The van der Waals surface area contributed by atoms with Gasteiger partial charge in [-0.25, -0.2) is 9.97 Å². The van der Waals surface area contributed by atoms with Gasteiger partial charge >= 0.3 is 0 Å². The number of imidazole rings is 1. The van der Waals surface area contributed by atoms with Crippen LogP contribution < -0.4 is 4.90 Å². The summed E-state index contributed by atoms with van der Waals surface area (Å²) >= 11 is 6.07. The third-order valence-electron chi connectivity index (χ3n) is 4.67. The predicted octanol–water partition coefficient (Wildman–Crippen LogP) is 3.53. The Labute approximate surface area is 129 Å². The van der Waals surface area contributed by atoms with Gasteiger partial charge in [0.25, 0.3) is 0 Å². The van der Waals surface area contributed by atoms with Crippen molar-refractivity contribution in [3.05, 3.63) is 29.7 Å². The second kappa shape index (κ2) is 4.98. The molecule has 2 aromatic rings. The molecule has 0 amide bonds. The van der Waals surface area contributed by atoms with Crippen molar-refractivity contribution in [1.82, 2.24) is 19.5 Å². The highest BCUT2D eigenvalue weighted by Gasteiger charge is 2.37. The highest BCUT2D eigenvalue weighted by molar-refractivity contribution is 6.28. The number of hydrogen-bond donors (Lipinski definition) is 0. The first-order chi connectivity index (χ1) is 10.3. The Bertz CT molecular complexity index is 662. The molecule has 21 heavy (non-hydrogen) atoms. The van der Waals surface area contributed by atoms with Gasteiger partial charge in [-0.05, 0) is 30.9 Å². The van der Waals surface area contributed by atoms with Gasteiger partial charge in [-0.2, -0.15) is 4.98 Å². The molecule has 1 fully saturated rings. The summed E-state index contributed by atoms with van der Waals surface area (Å²) in [6.45, 7) is 2.22. The van der Waals surface area contributed by atoms with Crippen molar-refractivity contribution in [2.75, 3.05) is 4.90 Å². The molecule has 1 aliphatic heterocycles. The Morgan fingerprint density at radius 2 is 2.10 bits per heavy atom. The second-order valence-electron chi connectivity index (χ2n) is 5.81. The quantitative estimate of drug-likeness (QED) is 0.796. The fourth-order valence-electron chi connectivity index (χ4n) is 3.76. The molecule has 0 radical (unpaired) electrons. The number of fused-ring (bicyclic) bond motifs is 3. The molecule has 0 N–H and O–H groups in total. The average molecular weight is 304 g/mol. The number of hydrogen-bond acceptors (Lipinski definition) is 4. The van der Waals surface area contributed by atoms with Crippen molar-refractivity contribution in [3.63, 3.8) is 0 Å². The summed E-state index contributed by atoms with van der Waals surface area (Å²) in [7, 11) is 0. The van der Waals surface area contributed by atoms with Crippen LogP contribution in [0.4, 0.5) is 5.82 Å². The van der Waals surface area contributed by atoms with Gasteiger partial charge < -0.3 is 4.90 Å². The van der Waals surface area contributed by atoms with E-state index < -0.39 is 0 Å². The topological polar surface area (TPSA) is 46.8 Å². The summed E-state index contributed by atoms with van der Waals surface area (Å²) in [6, 6.07) is 0.859. The molecule has 0 aromatic carbocycles. The maximum absolute atomic E-state index is 6.07. The summed E-state index contributed by atoms with van der Waals surface area (Å²) in [5.74, 6) is 0.958. The van der Waals surface area contributed by atoms with Crippen molar-refractivity contribution >= 4 is 17.4 Å². The molecule has 6 heteroatoms. The molecule has 110 valence electrons. The minimum Gasteiger partial charge on any atom is -0.343 e. The van der Waals surface area contributed by atoms with Crippen LogP contribution in [0, 0.1) is 0 Å². The third-order valence-corrected chi connectivity index (χ3v) is 4.86. The lowest BCUT2D eigenvalue weighted by atomic mass is 10.0. The van der Waals surface area contributed by atoms with Crippen LogP contribution >= 0.6 is 11.6 Å². The third kappa shape index (κ3) is 1.94. The largest absolute Gasteiger partial charge is 0.343 e. The molecule has 1 saturated carbocycles. The molecule has 3 heterocycles. The molecule has 2 aliphatic rings. The van der Waals surface area contributed by atoms with Gasteiger partial charge in [0.05, 0.1) is 30.5 Å². The van der Waals surface area contributed by atoms with E-state index in [4.69, 9.17) is 11.6 Å². The van der Waals surface area contributed by atoms with Gasteiger partial charge in [0, 0.05) is 6.04 Å². The van der Waals surface area contributed by atoms with Crippen LogP contribution in [-0.4, -0.2) is 25.6 Å². The SMILES string of the molecule is CC[C@@H]1c2cncn2-c2cnc(Cl)nc2N1C1CCCC1. The van der Waals surface area contributed by atoms with E-state index in [1.807, 2.05) is 18.7 Å². The van der Waals surface area contributed by atoms with Crippen LogP contribution in [0.15, 0.2) is 18.7 Å². The number of aromatic nitrogens is 4. The van der Waals surface area contributed by atoms with E-state index in [9.17, 15) is 0 Å². The van der Waals surface area contributed by atoms with Gasteiger partial charge in [0.15, 0.2) is 5.82 Å². The Kier molecular flexibility index (Phi) is 3.10. The zero-order valence-corrected chi connectivity index (χ0v) is 12.8. The lowest BCUT2D eigenvalue weighted by molar-refractivity contribution is 0.478. The van der Waals surface area contributed by atoms with E-state index in [0.717, 1.165) is 17.9 Å². The Hall–Kier alpha value is -1.62. The van der Waals surface area contributed by atoms with Crippen molar-refractivity contribution in [2.45, 2.75) is 51.1 Å². The number of halogens is 1. The van der Waals surface area contributed by atoms with E-state index in [2.05, 4.69) is 31.3 Å². The van der Waals surface area contributed by atoms with Crippen molar-refractivity contribution in [1.29, 1.82) is 0 Å². The fraction of sp³-hybridized carbons (Fsp3) is 0.533. The molecule has 1 aliphatic carbocycles. The van der Waals surface area contributed by atoms with E-state index in [0.29, 0.717) is 17.4 Å². The summed E-state index contributed by atoms with van der Waals surface area (Å²) < 4.78 is 2.10. The normalized spacial score (nSPS) is 21.4. The van der Waals surface area contributed by atoms with E-state index in [1.54, 1.807) is 0 Å². The predicted molar refractivity (Wildman–Crippen MR) is 81.9 cm³/mol. The monoisotopic (exact) mass is 303 g/mol. The Balaban J connectivity index is 1.91. The van der Waals surface area contributed by atoms with E-state index >= 15 is 0 Å². The van der Waals surface area contributed by atoms with Crippen LogP contribution in [0.2, 0.25) is 5.28 Å². The molecule has 0 bridgehead atoms. The van der Waals surface area contributed by atoms with Gasteiger partial charge in [0.1, 0.15) is 5.69 Å². The van der Waals surface area contributed by atoms with Crippen molar-refractivity contribution < 1.29 is 0 Å². The first-order valence-corrected chi connectivity index (χ1v) is 8.01. The molecular weight excluding hydrogens is 286 g/mol. The van der Waals surface area contributed by atoms with Crippen LogP contribution in [0.5, 0.6) is 0 Å². The summed E-state index contributed by atoms with van der Waals surface area (Å²) in [5.41, 5.74) is 2.21. The van der Waals surface area contributed by atoms with Crippen molar-refractivity contribution in [2.24, 2.45) is 0 Å². The lowest BCUT2D eigenvalue weighted by Gasteiger charge is -2.41. The Morgan fingerprint density at radius 3 is 2.86 bits per heavy atom. The summed E-state index contributed by atoms with van der Waals surface area (Å²) in [5, 5.41) is 0.315. The van der Waals surface area contributed by atoms with Gasteiger partial charge in [-0.15, -0.1) is 0 Å². The average Bonchev–Trinajstić information content (AvgIpc) is 3.16. The lowest BCUT2D eigenvalue weighted by Crippen LogP contribution is -2.41. The zero-order valence-electron chi connectivity index (χ0n) is 12.0. The van der Waals surface area contributed by atoms with Gasteiger partial charge in [0.2, 0.25) is 5.28 Å². The first kappa shape index (κ1) is 13.1. The van der Waals surface area contributed by atoms with Crippen molar-refractivity contribution in [3.8, 4) is 5.69 Å². The number of nitrogens with zero attached hydrogens (tertiary/aromatic N) is 5. The molecule has 0 spiro atoms. The molecule has 5 nitrogen and oxygen atoms in total. The summed E-state index contributed by atoms with van der Waals surface area (Å²) in [4.78, 5) is 15.5. The van der Waals surface area contributed by atoms with Crippen LogP contribution in [0.25, 0.3) is 5.69 Å². The molecule has 4 rings (SSSR count). The maximum Gasteiger partial charge on any atom is 0.224 e. The fourth-order valence-corrected chi connectivity index (χ4v) is 3.89. The van der Waals surface area contributed by atoms with E-state index in [1.165, 1.54) is 31.4 Å². The second-order valence-corrected chi connectivity index (χ2v) is 6.14. The maximum atomic E-state index is 6.07. The molecule has 2 aromatic heterocycles.